The average Bonchev–Trinajstić information content (AvgIpc) is 3.04. The van der Waals surface area contributed by atoms with E-state index in [2.05, 4.69) is 5.32 Å². The fourth-order valence-electron chi connectivity index (χ4n) is 4.09. The Morgan fingerprint density at radius 3 is 2.48 bits per heavy atom. The minimum absolute atomic E-state index is 0.253. The molecule has 1 fully saturated rings. The van der Waals surface area contributed by atoms with Gasteiger partial charge in [0.05, 0.1) is 29.2 Å². The van der Waals surface area contributed by atoms with Crippen molar-refractivity contribution in [2.75, 3.05) is 13.2 Å². The maximum absolute atomic E-state index is 13.2. The molecule has 31 heavy (non-hydrogen) atoms. The number of fused-ring (bicyclic) bond motifs is 1. The molecule has 1 unspecified atom stereocenters. The average molecular weight is 461 g/mol. The van der Waals surface area contributed by atoms with E-state index in [0.717, 1.165) is 22.2 Å². The summed E-state index contributed by atoms with van der Waals surface area (Å²) in [5.41, 5.74) is 3.12. The first-order valence-electron chi connectivity index (χ1n) is 9.82. The fourth-order valence-corrected chi connectivity index (χ4v) is 4.46. The standard InChI is InChI=1S/C23H22Cl2N2O4/c1-12-8-14(13(2)22(29)30)4-5-16(12)23(10-31-11-23)26-21(28)19-9-15-18(27(19)3)7-6-17(24)20(15)25/h4-9,13H,10-11H2,1-3H3,(H,26,28)(H,29,30). The van der Waals surface area contributed by atoms with E-state index in [-0.39, 0.29) is 5.91 Å². The molecule has 0 aliphatic carbocycles. The van der Waals surface area contributed by atoms with Crippen LogP contribution in [-0.2, 0) is 22.1 Å². The number of ether oxygens (including phenoxy) is 1. The Hall–Kier alpha value is -2.54. The Labute approximate surface area is 189 Å². The summed E-state index contributed by atoms with van der Waals surface area (Å²) in [6.45, 7) is 4.24. The molecule has 8 heteroatoms. The number of halogens is 2. The first-order valence-corrected chi connectivity index (χ1v) is 10.6. The van der Waals surface area contributed by atoms with Gasteiger partial charge < -0.3 is 19.7 Å². The number of carboxylic acid groups (broad SMARTS) is 1. The Bertz CT molecular complexity index is 1210. The Balaban J connectivity index is 1.67. The highest BCUT2D eigenvalue weighted by Crippen LogP contribution is 2.35. The van der Waals surface area contributed by atoms with Crippen molar-refractivity contribution in [3.05, 3.63) is 68.8 Å². The Morgan fingerprint density at radius 2 is 1.90 bits per heavy atom. The second kappa shape index (κ2) is 7.86. The molecule has 4 rings (SSSR count). The number of aromatic nitrogens is 1. The molecule has 6 nitrogen and oxygen atoms in total. The summed E-state index contributed by atoms with van der Waals surface area (Å²) in [5.74, 6) is -1.74. The van der Waals surface area contributed by atoms with Crippen molar-refractivity contribution in [2.45, 2.75) is 25.3 Å². The first-order chi connectivity index (χ1) is 14.6. The maximum atomic E-state index is 13.2. The molecule has 1 atom stereocenters. The third-order valence-electron chi connectivity index (χ3n) is 6.03. The maximum Gasteiger partial charge on any atom is 0.310 e. The lowest BCUT2D eigenvalue weighted by Crippen LogP contribution is -2.59. The molecule has 1 amide bonds. The van der Waals surface area contributed by atoms with Gasteiger partial charge in [0, 0.05) is 18.0 Å². The van der Waals surface area contributed by atoms with Gasteiger partial charge in [-0.3, -0.25) is 9.59 Å². The molecule has 0 saturated carbocycles. The number of rotatable bonds is 5. The van der Waals surface area contributed by atoms with Gasteiger partial charge >= 0.3 is 5.97 Å². The number of nitrogens with zero attached hydrogens (tertiary/aromatic N) is 1. The molecule has 1 saturated heterocycles. The lowest BCUT2D eigenvalue weighted by atomic mass is 9.83. The zero-order valence-corrected chi connectivity index (χ0v) is 18.8. The minimum Gasteiger partial charge on any atom is -0.481 e. The van der Waals surface area contributed by atoms with Crippen LogP contribution in [0.1, 0.15) is 40.0 Å². The highest BCUT2D eigenvalue weighted by molar-refractivity contribution is 6.45. The molecular formula is C23H22Cl2N2O4. The van der Waals surface area contributed by atoms with Crippen LogP contribution in [0.2, 0.25) is 10.0 Å². The predicted molar refractivity (Wildman–Crippen MR) is 120 cm³/mol. The van der Waals surface area contributed by atoms with Crippen LogP contribution < -0.4 is 5.32 Å². The van der Waals surface area contributed by atoms with E-state index >= 15 is 0 Å². The van der Waals surface area contributed by atoms with Crippen molar-refractivity contribution >= 4 is 46.0 Å². The number of nitrogens with one attached hydrogen (secondary N) is 1. The zero-order valence-electron chi connectivity index (χ0n) is 17.3. The highest BCUT2D eigenvalue weighted by atomic mass is 35.5. The second-order valence-corrected chi connectivity index (χ2v) is 8.83. The second-order valence-electron chi connectivity index (χ2n) is 8.05. The number of benzene rings is 2. The summed E-state index contributed by atoms with van der Waals surface area (Å²) in [7, 11) is 1.80. The quantitative estimate of drug-likeness (QED) is 0.581. The van der Waals surface area contributed by atoms with Gasteiger partial charge in [-0.15, -0.1) is 0 Å². The van der Waals surface area contributed by atoms with Crippen LogP contribution in [0.15, 0.2) is 36.4 Å². The van der Waals surface area contributed by atoms with Crippen LogP contribution in [0.25, 0.3) is 10.9 Å². The molecule has 2 aromatic carbocycles. The molecule has 1 aromatic heterocycles. The lowest BCUT2D eigenvalue weighted by molar-refractivity contribution is -0.138. The third-order valence-corrected chi connectivity index (χ3v) is 6.85. The molecule has 0 radical (unpaired) electrons. The number of amides is 1. The number of hydrogen-bond donors (Lipinski definition) is 2. The highest BCUT2D eigenvalue weighted by Gasteiger charge is 2.43. The number of aryl methyl sites for hydroxylation is 2. The van der Waals surface area contributed by atoms with Crippen molar-refractivity contribution in [1.29, 1.82) is 0 Å². The smallest absolute Gasteiger partial charge is 0.310 e. The molecule has 0 bridgehead atoms. The van der Waals surface area contributed by atoms with Crippen molar-refractivity contribution in [3.8, 4) is 0 Å². The summed E-state index contributed by atoms with van der Waals surface area (Å²) < 4.78 is 7.25. The summed E-state index contributed by atoms with van der Waals surface area (Å²) in [5, 5.41) is 14.0. The first kappa shape index (κ1) is 21.7. The number of aliphatic carboxylic acids is 1. The van der Waals surface area contributed by atoms with Gasteiger partial charge in [0.2, 0.25) is 0 Å². The van der Waals surface area contributed by atoms with Crippen LogP contribution >= 0.6 is 23.2 Å². The van der Waals surface area contributed by atoms with Gasteiger partial charge in [-0.25, -0.2) is 0 Å². The van der Waals surface area contributed by atoms with Gasteiger partial charge in [-0.1, -0.05) is 41.4 Å². The minimum atomic E-state index is -0.878. The predicted octanol–water partition coefficient (Wildman–Crippen LogP) is 4.64. The van der Waals surface area contributed by atoms with E-state index in [9.17, 15) is 14.7 Å². The molecular weight excluding hydrogens is 439 g/mol. The molecule has 1 aliphatic rings. The van der Waals surface area contributed by atoms with Crippen LogP contribution in [0, 0.1) is 6.92 Å². The third kappa shape index (κ3) is 3.59. The summed E-state index contributed by atoms with van der Waals surface area (Å²) >= 11 is 12.5. The number of carboxylic acids is 1. The topological polar surface area (TPSA) is 80.6 Å². The van der Waals surface area contributed by atoms with Crippen molar-refractivity contribution in [3.63, 3.8) is 0 Å². The molecule has 1 aliphatic heterocycles. The SMILES string of the molecule is Cc1cc(C(C)C(=O)O)ccc1C1(NC(=O)c2cc3c(Cl)c(Cl)ccc3n2C)COC1. The van der Waals surface area contributed by atoms with E-state index in [1.165, 1.54) is 0 Å². The van der Waals surface area contributed by atoms with Gasteiger partial charge in [0.1, 0.15) is 11.2 Å². The van der Waals surface area contributed by atoms with Crippen molar-refractivity contribution < 1.29 is 19.4 Å². The van der Waals surface area contributed by atoms with Crippen molar-refractivity contribution in [2.24, 2.45) is 7.05 Å². The molecule has 0 spiro atoms. The summed E-state index contributed by atoms with van der Waals surface area (Å²) in [4.78, 5) is 24.6. The van der Waals surface area contributed by atoms with E-state index in [1.807, 2.05) is 25.1 Å². The zero-order chi connectivity index (χ0) is 22.5. The number of carbonyl (C=O) groups excluding carboxylic acids is 1. The summed E-state index contributed by atoms with van der Waals surface area (Å²) in [6, 6.07) is 10.8. The van der Waals surface area contributed by atoms with Crippen LogP contribution in [0.3, 0.4) is 0 Å². The number of carbonyl (C=O) groups is 2. The number of hydrogen-bond acceptors (Lipinski definition) is 3. The fraction of sp³-hybridized carbons (Fsp3) is 0.304. The van der Waals surface area contributed by atoms with Crippen molar-refractivity contribution in [1.82, 2.24) is 9.88 Å². The largest absolute Gasteiger partial charge is 0.481 e. The van der Waals surface area contributed by atoms with E-state index < -0.39 is 17.4 Å². The monoisotopic (exact) mass is 460 g/mol. The van der Waals surface area contributed by atoms with E-state index in [0.29, 0.717) is 34.3 Å². The van der Waals surface area contributed by atoms with Gasteiger partial charge in [-0.2, -0.15) is 0 Å². The lowest BCUT2D eigenvalue weighted by Gasteiger charge is -2.43. The molecule has 2 heterocycles. The van der Waals surface area contributed by atoms with Gasteiger partial charge in [-0.05, 0) is 48.7 Å². The normalized spacial score (nSPS) is 16.0. The molecule has 2 N–H and O–H groups in total. The van der Waals surface area contributed by atoms with Crippen LogP contribution in [0.5, 0.6) is 0 Å². The summed E-state index contributed by atoms with van der Waals surface area (Å²) in [6.07, 6.45) is 0. The van der Waals surface area contributed by atoms with Crippen LogP contribution in [-0.4, -0.2) is 34.8 Å². The Morgan fingerprint density at radius 1 is 1.19 bits per heavy atom. The van der Waals surface area contributed by atoms with E-state index in [1.54, 1.807) is 36.7 Å². The van der Waals surface area contributed by atoms with Gasteiger partial charge in [0.25, 0.3) is 5.91 Å². The van der Waals surface area contributed by atoms with E-state index in [4.69, 9.17) is 27.9 Å². The van der Waals surface area contributed by atoms with Crippen LogP contribution in [0.4, 0.5) is 0 Å². The molecule has 3 aromatic rings. The van der Waals surface area contributed by atoms with Gasteiger partial charge in [0.15, 0.2) is 0 Å². The molecule has 162 valence electrons. The Kier molecular flexibility index (Phi) is 5.50.